The monoisotopic (exact) mass is 360 g/mol. The van der Waals surface area contributed by atoms with E-state index >= 15 is 0 Å². The second kappa shape index (κ2) is 4.47. The third-order valence-electron chi connectivity index (χ3n) is 3.19. The summed E-state index contributed by atoms with van der Waals surface area (Å²) < 4.78 is 0.825. The van der Waals surface area contributed by atoms with Gasteiger partial charge < -0.3 is 26.0 Å². The van der Waals surface area contributed by atoms with Crippen LogP contribution in [0.4, 0.5) is 5.69 Å². The highest BCUT2D eigenvalue weighted by molar-refractivity contribution is 14.1. The topological polar surface area (TPSA) is 89.2 Å². The van der Waals surface area contributed by atoms with Crippen LogP contribution in [0.2, 0.25) is 0 Å². The molecule has 1 aromatic heterocycles. The Labute approximate surface area is 117 Å². The summed E-state index contributed by atoms with van der Waals surface area (Å²) >= 11 is 2.24. The number of amides is 1. The minimum atomic E-state index is -0.568. The van der Waals surface area contributed by atoms with Gasteiger partial charge in [-0.25, -0.2) is 0 Å². The first kappa shape index (κ1) is 11.8. The van der Waals surface area contributed by atoms with Gasteiger partial charge >= 0.3 is 0 Å². The molecular weight excluding hydrogens is 347 g/mol. The van der Waals surface area contributed by atoms with Crippen LogP contribution in [0.15, 0.2) is 18.0 Å². The molecule has 0 bridgehead atoms. The zero-order valence-electron chi connectivity index (χ0n) is 9.46. The van der Waals surface area contributed by atoms with Crippen LogP contribution in [0.5, 0.6) is 0 Å². The van der Waals surface area contributed by atoms with Crippen molar-refractivity contribution in [2.45, 2.75) is 12.1 Å². The number of aliphatic hydroxyl groups is 1. The summed E-state index contributed by atoms with van der Waals surface area (Å²) in [5.41, 5.74) is 3.21. The summed E-state index contributed by atoms with van der Waals surface area (Å²) in [4.78, 5) is 14.6. The number of halogens is 1. The molecule has 2 aliphatic heterocycles. The Bertz CT molecular complexity index is 525. The Morgan fingerprint density at radius 3 is 3.00 bits per heavy atom. The molecule has 0 aliphatic carbocycles. The van der Waals surface area contributed by atoms with Gasteiger partial charge in [-0.05, 0) is 6.08 Å². The summed E-state index contributed by atoms with van der Waals surface area (Å²) in [6, 6.07) is -0.201. The highest BCUT2D eigenvalue weighted by Crippen LogP contribution is 2.33. The number of nitrogens with one attached hydrogen (secondary N) is 4. The molecule has 0 fully saturated rings. The van der Waals surface area contributed by atoms with Crippen molar-refractivity contribution in [2.24, 2.45) is 0 Å². The standard InChI is InChI=1S/C11H13IN4O2/c12-2-5-1-7(17)8(16-5)6-3-13-10-9(6)14-4-15-11(10)18/h1,3,7-8,13-14,16-17H,2,4H2,(H,15,18)/t7?,8-/m0/s1. The zero-order valence-corrected chi connectivity index (χ0v) is 11.6. The molecule has 96 valence electrons. The van der Waals surface area contributed by atoms with Crippen molar-refractivity contribution in [3.05, 3.63) is 29.2 Å². The first-order chi connectivity index (χ1) is 8.70. The molecule has 1 unspecified atom stereocenters. The molecule has 0 aromatic carbocycles. The van der Waals surface area contributed by atoms with Gasteiger partial charge in [0.25, 0.3) is 5.91 Å². The molecule has 2 atom stereocenters. The van der Waals surface area contributed by atoms with Crippen LogP contribution >= 0.6 is 22.6 Å². The predicted octanol–water partition coefficient (Wildman–Crippen LogP) is 0.452. The maximum atomic E-state index is 11.6. The van der Waals surface area contributed by atoms with Gasteiger partial charge in [-0.3, -0.25) is 4.79 Å². The quantitative estimate of drug-likeness (QED) is 0.392. The molecule has 1 aromatic rings. The van der Waals surface area contributed by atoms with Crippen molar-refractivity contribution < 1.29 is 9.90 Å². The number of hydrogen-bond acceptors (Lipinski definition) is 4. The van der Waals surface area contributed by atoms with Crippen LogP contribution in [-0.4, -0.2) is 33.2 Å². The van der Waals surface area contributed by atoms with E-state index in [2.05, 4.69) is 43.5 Å². The number of carbonyl (C=O) groups excluding carboxylic acids is 1. The van der Waals surface area contributed by atoms with Gasteiger partial charge in [0, 0.05) is 21.9 Å². The van der Waals surface area contributed by atoms with E-state index in [0.29, 0.717) is 12.4 Å². The Morgan fingerprint density at radius 2 is 2.28 bits per heavy atom. The lowest BCUT2D eigenvalue weighted by Crippen LogP contribution is -2.35. The highest BCUT2D eigenvalue weighted by atomic mass is 127. The Kier molecular flexibility index (Phi) is 2.94. The number of H-pyrrole nitrogens is 1. The zero-order chi connectivity index (χ0) is 12.7. The van der Waals surface area contributed by atoms with Crippen molar-refractivity contribution in [3.63, 3.8) is 0 Å². The average Bonchev–Trinajstić information content (AvgIpc) is 2.93. The van der Waals surface area contributed by atoms with Crippen LogP contribution in [0.25, 0.3) is 0 Å². The van der Waals surface area contributed by atoms with Crippen LogP contribution in [0.1, 0.15) is 22.1 Å². The Morgan fingerprint density at radius 1 is 1.44 bits per heavy atom. The van der Waals surface area contributed by atoms with Crippen molar-refractivity contribution in [3.8, 4) is 0 Å². The van der Waals surface area contributed by atoms with E-state index in [4.69, 9.17) is 0 Å². The molecule has 0 spiro atoms. The number of anilines is 1. The van der Waals surface area contributed by atoms with E-state index in [9.17, 15) is 9.90 Å². The highest BCUT2D eigenvalue weighted by Gasteiger charge is 2.32. The second-order valence-corrected chi connectivity index (χ2v) is 5.05. The molecule has 18 heavy (non-hydrogen) atoms. The summed E-state index contributed by atoms with van der Waals surface area (Å²) in [5.74, 6) is -0.121. The van der Waals surface area contributed by atoms with E-state index in [0.717, 1.165) is 21.4 Å². The lowest BCUT2D eigenvalue weighted by atomic mass is 10.0. The van der Waals surface area contributed by atoms with Crippen molar-refractivity contribution in [1.29, 1.82) is 0 Å². The van der Waals surface area contributed by atoms with E-state index in [1.807, 2.05) is 6.08 Å². The summed E-state index contributed by atoms with van der Waals surface area (Å²) in [6.07, 6.45) is 3.02. The Hall–Kier alpha value is -1.22. The van der Waals surface area contributed by atoms with E-state index in [1.54, 1.807) is 6.20 Å². The first-order valence-corrected chi connectivity index (χ1v) is 7.18. The number of aliphatic hydroxyl groups excluding tert-OH is 1. The van der Waals surface area contributed by atoms with Crippen LogP contribution in [0, 0.1) is 0 Å². The number of aromatic nitrogens is 1. The molecule has 2 aliphatic rings. The van der Waals surface area contributed by atoms with Crippen molar-refractivity contribution >= 4 is 34.2 Å². The summed E-state index contributed by atoms with van der Waals surface area (Å²) in [5, 5.41) is 19.1. The van der Waals surface area contributed by atoms with Gasteiger partial charge in [0.1, 0.15) is 5.69 Å². The van der Waals surface area contributed by atoms with Gasteiger partial charge in [-0.2, -0.15) is 0 Å². The molecule has 3 rings (SSSR count). The van der Waals surface area contributed by atoms with Crippen LogP contribution in [-0.2, 0) is 0 Å². The fraction of sp³-hybridized carbons (Fsp3) is 0.364. The van der Waals surface area contributed by atoms with Crippen LogP contribution in [0.3, 0.4) is 0 Å². The summed E-state index contributed by atoms with van der Waals surface area (Å²) in [6.45, 7) is 0.409. The van der Waals surface area contributed by atoms with Gasteiger partial charge in [0.05, 0.1) is 24.5 Å². The SMILES string of the molecule is O=C1NCNc2c([C@@H]3NC(CI)=CC3O)c[nH]c21. The van der Waals surface area contributed by atoms with E-state index in [-0.39, 0.29) is 11.9 Å². The second-order valence-electron chi connectivity index (χ2n) is 4.29. The molecule has 7 heteroatoms. The molecule has 1 amide bonds. The maximum Gasteiger partial charge on any atom is 0.271 e. The molecule has 6 nitrogen and oxygen atoms in total. The minimum absolute atomic E-state index is 0.121. The Balaban J connectivity index is 1.93. The van der Waals surface area contributed by atoms with Gasteiger partial charge in [-0.15, -0.1) is 0 Å². The first-order valence-electron chi connectivity index (χ1n) is 5.65. The predicted molar refractivity (Wildman–Crippen MR) is 75.6 cm³/mol. The molecule has 3 heterocycles. The molecule has 0 radical (unpaired) electrons. The maximum absolute atomic E-state index is 11.6. The number of allylic oxidation sites excluding steroid dienone is 1. The van der Waals surface area contributed by atoms with Gasteiger partial charge in [0.2, 0.25) is 0 Å². The fourth-order valence-electron chi connectivity index (χ4n) is 2.34. The molecule has 0 saturated heterocycles. The number of alkyl halides is 1. The van der Waals surface area contributed by atoms with Gasteiger partial charge in [0.15, 0.2) is 0 Å². The average molecular weight is 360 g/mol. The van der Waals surface area contributed by atoms with Crippen molar-refractivity contribution in [2.75, 3.05) is 16.4 Å². The number of aromatic amines is 1. The fourth-order valence-corrected chi connectivity index (χ4v) is 2.81. The lowest BCUT2D eigenvalue weighted by Gasteiger charge is -2.21. The number of hydrogen-bond donors (Lipinski definition) is 5. The molecule has 5 N–H and O–H groups in total. The summed E-state index contributed by atoms with van der Waals surface area (Å²) in [7, 11) is 0. The number of carbonyl (C=O) groups is 1. The van der Waals surface area contributed by atoms with Gasteiger partial charge in [-0.1, -0.05) is 22.6 Å². The smallest absolute Gasteiger partial charge is 0.271 e. The normalized spacial score (nSPS) is 25.9. The molecular formula is C11H13IN4O2. The number of rotatable bonds is 2. The minimum Gasteiger partial charge on any atom is -0.386 e. The third kappa shape index (κ3) is 1.77. The van der Waals surface area contributed by atoms with E-state index < -0.39 is 6.10 Å². The van der Waals surface area contributed by atoms with Crippen LogP contribution < -0.4 is 16.0 Å². The molecule has 0 saturated carbocycles. The largest absolute Gasteiger partial charge is 0.386 e. The third-order valence-corrected chi connectivity index (χ3v) is 4.01. The lowest BCUT2D eigenvalue weighted by molar-refractivity contribution is 0.0948. The van der Waals surface area contributed by atoms with E-state index in [1.165, 1.54) is 0 Å². The number of fused-ring (bicyclic) bond motifs is 1. The van der Waals surface area contributed by atoms with Crippen molar-refractivity contribution in [1.82, 2.24) is 15.6 Å².